The van der Waals surface area contributed by atoms with Crippen LogP contribution in [0.15, 0.2) is 41.3 Å². The third kappa shape index (κ3) is 5.13. The molecule has 4 rings (SSSR count). The fourth-order valence-corrected chi connectivity index (χ4v) is 6.76. The van der Waals surface area contributed by atoms with Crippen LogP contribution in [0.2, 0.25) is 10.3 Å². The summed E-state index contributed by atoms with van der Waals surface area (Å²) in [7, 11) is -4.39. The highest BCUT2D eigenvalue weighted by Gasteiger charge is 2.46. The molecule has 6 nitrogen and oxygen atoms in total. The summed E-state index contributed by atoms with van der Waals surface area (Å²) >= 11 is 11.7. The number of sulfonamides is 1. The Morgan fingerprint density at radius 1 is 1.00 bits per heavy atom. The molecule has 0 spiro atoms. The first-order valence-electron chi connectivity index (χ1n) is 10.3. The van der Waals surface area contributed by atoms with E-state index in [1.807, 2.05) is 0 Å². The van der Waals surface area contributed by atoms with E-state index in [0.29, 0.717) is 25.7 Å². The van der Waals surface area contributed by atoms with Gasteiger partial charge in [0, 0.05) is 30.7 Å². The number of nitrogens with zero attached hydrogens (tertiary/aromatic N) is 3. The van der Waals surface area contributed by atoms with Crippen LogP contribution in [0.5, 0.6) is 0 Å². The molecule has 0 N–H and O–H groups in total. The number of rotatable bonds is 5. The van der Waals surface area contributed by atoms with Gasteiger partial charge in [-0.1, -0.05) is 35.3 Å². The Hall–Kier alpha value is -1.88. The van der Waals surface area contributed by atoms with Crippen molar-refractivity contribution in [3.8, 4) is 0 Å². The second-order valence-corrected chi connectivity index (χ2v) is 10.7. The number of likely N-dealkylation sites (tertiary alicyclic amines) is 1. The highest BCUT2D eigenvalue weighted by Crippen LogP contribution is 2.40. The number of alkyl halides is 3. The second kappa shape index (κ2) is 9.05. The zero-order valence-electron chi connectivity index (χ0n) is 17.2. The van der Waals surface area contributed by atoms with Gasteiger partial charge in [0.2, 0.25) is 10.0 Å². The molecule has 2 aromatic rings. The number of benzene rings is 1. The summed E-state index contributed by atoms with van der Waals surface area (Å²) in [5, 5.41) is 0.158. The Kier molecular flexibility index (Phi) is 6.65. The van der Waals surface area contributed by atoms with Crippen molar-refractivity contribution in [2.24, 2.45) is 0 Å². The van der Waals surface area contributed by atoms with Gasteiger partial charge in [0.25, 0.3) is 5.91 Å². The first-order chi connectivity index (χ1) is 15.5. The van der Waals surface area contributed by atoms with E-state index in [-0.39, 0.29) is 40.9 Å². The lowest BCUT2D eigenvalue weighted by Gasteiger charge is -2.38. The predicted octanol–water partition coefficient (Wildman–Crippen LogP) is 4.87. The molecule has 0 atom stereocenters. The van der Waals surface area contributed by atoms with Gasteiger partial charge >= 0.3 is 6.18 Å². The molecule has 0 radical (unpaired) electrons. The summed E-state index contributed by atoms with van der Waals surface area (Å²) in [4.78, 5) is 17.5. The van der Waals surface area contributed by atoms with Gasteiger partial charge in [-0.15, -0.1) is 0 Å². The van der Waals surface area contributed by atoms with E-state index in [0.717, 1.165) is 12.1 Å². The highest BCUT2D eigenvalue weighted by atomic mass is 35.5. The van der Waals surface area contributed by atoms with Crippen molar-refractivity contribution in [3.63, 3.8) is 0 Å². The zero-order valence-corrected chi connectivity index (χ0v) is 19.6. The molecule has 12 heteroatoms. The first kappa shape index (κ1) is 24.3. The molecule has 1 saturated heterocycles. The van der Waals surface area contributed by atoms with E-state index in [2.05, 4.69) is 4.98 Å². The lowest BCUT2D eigenvalue weighted by atomic mass is 10.0. The molecule has 1 aromatic carbocycles. The largest absolute Gasteiger partial charge is 0.417 e. The Morgan fingerprint density at radius 2 is 1.55 bits per heavy atom. The molecule has 33 heavy (non-hydrogen) atoms. The molecular weight excluding hydrogens is 502 g/mol. The van der Waals surface area contributed by atoms with E-state index in [1.165, 1.54) is 28.6 Å². The SMILES string of the molecule is O=C(c1cc(Cl)nc(Cl)c1)N1CCC(N(C2CC2)S(=O)(=O)c2ccccc2C(F)(F)F)CC1. The molecule has 178 valence electrons. The van der Waals surface area contributed by atoms with Crippen LogP contribution in [0.1, 0.15) is 41.6 Å². The monoisotopic (exact) mass is 521 g/mol. The van der Waals surface area contributed by atoms with Gasteiger partial charge in [-0.25, -0.2) is 13.4 Å². The van der Waals surface area contributed by atoms with E-state index in [1.54, 1.807) is 4.90 Å². The lowest BCUT2D eigenvalue weighted by Crippen LogP contribution is -2.49. The van der Waals surface area contributed by atoms with Crippen molar-refractivity contribution < 1.29 is 26.4 Å². The number of piperidine rings is 1. The molecule has 2 fully saturated rings. The van der Waals surface area contributed by atoms with Gasteiger partial charge in [-0.05, 0) is 49.9 Å². The standard InChI is InChI=1S/C21H20Cl2F3N3O3S/c22-18-11-13(12-19(23)27-18)20(30)28-9-7-15(8-10-28)29(14-5-6-14)33(31,32)17-4-2-1-3-16(17)21(24,25)26/h1-4,11-12,14-15H,5-10H2. The van der Waals surface area contributed by atoms with Crippen LogP contribution < -0.4 is 0 Å². The van der Waals surface area contributed by atoms with Crippen molar-refractivity contribution in [1.82, 2.24) is 14.2 Å². The summed E-state index contributed by atoms with van der Waals surface area (Å²) < 4.78 is 68.6. The van der Waals surface area contributed by atoms with Crippen molar-refractivity contribution in [2.75, 3.05) is 13.1 Å². The van der Waals surface area contributed by atoms with E-state index >= 15 is 0 Å². The number of aromatic nitrogens is 1. The molecule has 2 aliphatic rings. The maximum atomic E-state index is 13.5. The predicted molar refractivity (Wildman–Crippen MR) is 117 cm³/mol. The van der Waals surface area contributed by atoms with E-state index < -0.39 is 32.7 Å². The van der Waals surface area contributed by atoms with Gasteiger partial charge in [0.15, 0.2) is 0 Å². The van der Waals surface area contributed by atoms with Crippen LogP contribution in [-0.2, 0) is 16.2 Å². The minimum Gasteiger partial charge on any atom is -0.339 e. The Bertz CT molecular complexity index is 1140. The van der Waals surface area contributed by atoms with E-state index in [9.17, 15) is 26.4 Å². The van der Waals surface area contributed by atoms with Crippen LogP contribution >= 0.6 is 23.2 Å². The average Bonchev–Trinajstić information content (AvgIpc) is 3.57. The summed E-state index contributed by atoms with van der Waals surface area (Å²) in [5.41, 5.74) is -0.904. The Balaban J connectivity index is 1.55. The molecule has 1 aliphatic heterocycles. The molecular formula is C21H20Cl2F3N3O3S. The van der Waals surface area contributed by atoms with Crippen LogP contribution in [0, 0.1) is 0 Å². The van der Waals surface area contributed by atoms with Crippen LogP contribution in [0.3, 0.4) is 0 Å². The maximum absolute atomic E-state index is 13.5. The minimum absolute atomic E-state index is 0.0788. The molecule has 1 amide bonds. The number of pyridine rings is 1. The molecule has 2 heterocycles. The summed E-state index contributed by atoms with van der Waals surface area (Å²) in [6, 6.07) is 6.21. The Labute approximate surface area is 199 Å². The van der Waals surface area contributed by atoms with Crippen LogP contribution in [0.4, 0.5) is 13.2 Å². The van der Waals surface area contributed by atoms with Crippen molar-refractivity contribution in [1.29, 1.82) is 0 Å². The molecule has 1 aliphatic carbocycles. The summed E-state index contributed by atoms with van der Waals surface area (Å²) in [6.45, 7) is 0.501. The Morgan fingerprint density at radius 3 is 2.09 bits per heavy atom. The van der Waals surface area contributed by atoms with E-state index in [4.69, 9.17) is 23.2 Å². The smallest absolute Gasteiger partial charge is 0.339 e. The number of halogens is 5. The fraction of sp³-hybridized carbons (Fsp3) is 0.429. The second-order valence-electron chi connectivity index (χ2n) is 8.08. The molecule has 0 bridgehead atoms. The highest BCUT2D eigenvalue weighted by molar-refractivity contribution is 7.89. The maximum Gasteiger partial charge on any atom is 0.417 e. The minimum atomic E-state index is -4.79. The topological polar surface area (TPSA) is 70.6 Å². The number of carbonyl (C=O) groups is 1. The van der Waals surface area contributed by atoms with Gasteiger partial charge < -0.3 is 4.90 Å². The average molecular weight is 522 g/mol. The van der Waals surface area contributed by atoms with Gasteiger partial charge in [-0.2, -0.15) is 17.5 Å². The first-order valence-corrected chi connectivity index (χ1v) is 12.5. The number of amides is 1. The zero-order chi connectivity index (χ0) is 24.0. The summed E-state index contributed by atoms with van der Waals surface area (Å²) in [5.74, 6) is -0.317. The quantitative estimate of drug-likeness (QED) is 0.526. The van der Waals surface area contributed by atoms with Gasteiger partial charge in [0.05, 0.1) is 10.5 Å². The molecule has 1 saturated carbocycles. The van der Waals surface area contributed by atoms with Crippen molar-refractivity contribution in [3.05, 3.63) is 57.8 Å². The number of hydrogen-bond acceptors (Lipinski definition) is 4. The van der Waals surface area contributed by atoms with Crippen molar-refractivity contribution >= 4 is 39.1 Å². The molecule has 0 unspecified atom stereocenters. The van der Waals surface area contributed by atoms with Crippen molar-refractivity contribution in [2.45, 2.75) is 48.8 Å². The van der Waals surface area contributed by atoms with Gasteiger partial charge in [-0.3, -0.25) is 4.79 Å². The van der Waals surface area contributed by atoms with Crippen LogP contribution in [0.25, 0.3) is 0 Å². The number of hydrogen-bond donors (Lipinski definition) is 0. The van der Waals surface area contributed by atoms with Gasteiger partial charge in [0.1, 0.15) is 10.3 Å². The molecule has 1 aromatic heterocycles. The summed E-state index contributed by atoms with van der Waals surface area (Å²) in [6.07, 6.45) is -2.98. The lowest BCUT2D eigenvalue weighted by molar-refractivity contribution is -0.139. The fourth-order valence-electron chi connectivity index (χ4n) is 4.15. The normalized spacial score (nSPS) is 18.1. The third-order valence-corrected chi connectivity index (χ3v) is 8.23. The van der Waals surface area contributed by atoms with Crippen LogP contribution in [-0.4, -0.2) is 53.7 Å². The number of carbonyl (C=O) groups excluding carboxylic acids is 1. The third-order valence-electron chi connectivity index (χ3n) is 5.78.